The van der Waals surface area contributed by atoms with Crippen molar-refractivity contribution < 1.29 is 13.2 Å². The zero-order chi connectivity index (χ0) is 20.0. The SMILES string of the molecule is CCCCNS(=O)(=O)c1cccc(C(=O)NCCc2c[nH]c3ccccc23)c1. The first-order valence-corrected chi connectivity index (χ1v) is 10.9. The van der Waals surface area contributed by atoms with E-state index in [0.717, 1.165) is 29.3 Å². The number of amides is 1. The van der Waals surface area contributed by atoms with Crippen LogP contribution in [-0.2, 0) is 16.4 Å². The molecule has 0 unspecified atom stereocenters. The average molecular weight is 400 g/mol. The number of carbonyl (C=O) groups is 1. The first-order valence-electron chi connectivity index (χ1n) is 9.44. The van der Waals surface area contributed by atoms with E-state index in [9.17, 15) is 13.2 Å². The molecule has 0 saturated heterocycles. The number of hydrogen-bond acceptors (Lipinski definition) is 3. The third-order valence-corrected chi connectivity index (χ3v) is 6.04. The van der Waals surface area contributed by atoms with Gasteiger partial charge in [0.1, 0.15) is 0 Å². The molecule has 0 aliphatic carbocycles. The Morgan fingerprint density at radius 3 is 2.71 bits per heavy atom. The van der Waals surface area contributed by atoms with Crippen LogP contribution in [0.3, 0.4) is 0 Å². The maximum absolute atomic E-state index is 12.4. The molecular weight excluding hydrogens is 374 g/mol. The number of rotatable bonds is 9. The molecule has 0 spiro atoms. The number of fused-ring (bicyclic) bond motifs is 1. The highest BCUT2D eigenvalue weighted by Gasteiger charge is 2.15. The van der Waals surface area contributed by atoms with Gasteiger partial charge in [-0.3, -0.25) is 4.79 Å². The Bertz CT molecular complexity index is 1060. The van der Waals surface area contributed by atoms with Gasteiger partial charge in [-0.25, -0.2) is 13.1 Å². The van der Waals surface area contributed by atoms with E-state index >= 15 is 0 Å². The highest BCUT2D eigenvalue weighted by molar-refractivity contribution is 7.89. The minimum atomic E-state index is -3.60. The smallest absolute Gasteiger partial charge is 0.251 e. The van der Waals surface area contributed by atoms with E-state index in [4.69, 9.17) is 0 Å². The molecule has 3 aromatic rings. The monoisotopic (exact) mass is 399 g/mol. The van der Waals surface area contributed by atoms with E-state index in [1.165, 1.54) is 12.1 Å². The van der Waals surface area contributed by atoms with E-state index in [1.54, 1.807) is 12.1 Å². The number of benzene rings is 2. The Morgan fingerprint density at radius 2 is 1.89 bits per heavy atom. The molecule has 3 N–H and O–H groups in total. The maximum Gasteiger partial charge on any atom is 0.251 e. The summed E-state index contributed by atoms with van der Waals surface area (Å²) in [5, 5.41) is 4.01. The van der Waals surface area contributed by atoms with Crippen molar-refractivity contribution in [2.24, 2.45) is 0 Å². The van der Waals surface area contributed by atoms with Crippen molar-refractivity contribution in [1.82, 2.24) is 15.0 Å². The summed E-state index contributed by atoms with van der Waals surface area (Å²) >= 11 is 0. The molecule has 6 nitrogen and oxygen atoms in total. The molecule has 1 amide bonds. The highest BCUT2D eigenvalue weighted by atomic mass is 32.2. The molecule has 1 heterocycles. The van der Waals surface area contributed by atoms with Crippen LogP contribution >= 0.6 is 0 Å². The fourth-order valence-corrected chi connectivity index (χ4v) is 4.14. The number of nitrogens with one attached hydrogen (secondary N) is 3. The number of aromatic amines is 1. The molecule has 7 heteroatoms. The minimum Gasteiger partial charge on any atom is -0.361 e. The second kappa shape index (κ2) is 9.03. The number of unbranched alkanes of at least 4 members (excludes halogenated alkanes) is 1. The Labute approximate surface area is 165 Å². The van der Waals surface area contributed by atoms with Crippen LogP contribution in [0.5, 0.6) is 0 Å². The molecule has 0 fully saturated rings. The molecule has 148 valence electrons. The number of hydrogen-bond donors (Lipinski definition) is 3. The molecule has 0 aliphatic rings. The van der Waals surface area contributed by atoms with Crippen molar-refractivity contribution in [2.75, 3.05) is 13.1 Å². The predicted molar refractivity (Wildman–Crippen MR) is 111 cm³/mol. The van der Waals surface area contributed by atoms with Crippen molar-refractivity contribution >= 4 is 26.8 Å². The summed E-state index contributed by atoms with van der Waals surface area (Å²) in [6.45, 7) is 2.85. The van der Waals surface area contributed by atoms with Gasteiger partial charge in [-0.05, 0) is 42.7 Å². The van der Waals surface area contributed by atoms with E-state index in [1.807, 2.05) is 37.4 Å². The van der Waals surface area contributed by atoms with Crippen molar-refractivity contribution in [3.63, 3.8) is 0 Å². The van der Waals surface area contributed by atoms with Crippen molar-refractivity contribution in [2.45, 2.75) is 31.1 Å². The van der Waals surface area contributed by atoms with Crippen LogP contribution in [0.1, 0.15) is 35.7 Å². The van der Waals surface area contributed by atoms with Crippen LogP contribution in [0, 0.1) is 0 Å². The zero-order valence-corrected chi connectivity index (χ0v) is 16.7. The van der Waals surface area contributed by atoms with Crippen LogP contribution in [0.15, 0.2) is 59.6 Å². The number of para-hydroxylation sites is 1. The number of aromatic nitrogens is 1. The zero-order valence-electron chi connectivity index (χ0n) is 15.9. The van der Waals surface area contributed by atoms with Crippen LogP contribution < -0.4 is 10.0 Å². The van der Waals surface area contributed by atoms with Gasteiger partial charge < -0.3 is 10.3 Å². The lowest BCUT2D eigenvalue weighted by Crippen LogP contribution is -2.27. The first kappa shape index (κ1) is 20.1. The Morgan fingerprint density at radius 1 is 1.07 bits per heavy atom. The summed E-state index contributed by atoms with van der Waals surface area (Å²) in [5.74, 6) is -0.287. The normalized spacial score (nSPS) is 11.6. The first-order chi connectivity index (χ1) is 13.5. The quantitative estimate of drug-likeness (QED) is 0.483. The molecule has 0 atom stereocenters. The molecule has 3 rings (SSSR count). The largest absolute Gasteiger partial charge is 0.361 e. The molecule has 2 aromatic carbocycles. The van der Waals surface area contributed by atoms with Gasteiger partial charge >= 0.3 is 0 Å². The molecule has 0 aliphatic heterocycles. The molecule has 0 radical (unpaired) electrons. The summed E-state index contributed by atoms with van der Waals surface area (Å²) in [6, 6.07) is 14.1. The van der Waals surface area contributed by atoms with Crippen LogP contribution in [-0.4, -0.2) is 32.4 Å². The molecule has 28 heavy (non-hydrogen) atoms. The van der Waals surface area contributed by atoms with Crippen LogP contribution in [0.25, 0.3) is 10.9 Å². The summed E-state index contributed by atoms with van der Waals surface area (Å²) in [4.78, 5) is 15.8. The van der Waals surface area contributed by atoms with Gasteiger partial charge in [-0.15, -0.1) is 0 Å². The van der Waals surface area contributed by atoms with Crippen LogP contribution in [0.4, 0.5) is 0 Å². The Hall–Kier alpha value is -2.64. The summed E-state index contributed by atoms with van der Waals surface area (Å²) < 4.78 is 27.2. The maximum atomic E-state index is 12.4. The third-order valence-electron chi connectivity index (χ3n) is 4.58. The Kier molecular flexibility index (Phi) is 6.49. The van der Waals surface area contributed by atoms with Gasteiger partial charge in [-0.1, -0.05) is 37.6 Å². The molecule has 1 aromatic heterocycles. The van der Waals surface area contributed by atoms with Crippen molar-refractivity contribution in [3.8, 4) is 0 Å². The van der Waals surface area contributed by atoms with Gasteiger partial charge in [0.25, 0.3) is 5.91 Å². The second-order valence-electron chi connectivity index (χ2n) is 6.64. The second-order valence-corrected chi connectivity index (χ2v) is 8.41. The lowest BCUT2D eigenvalue weighted by atomic mass is 10.1. The number of sulfonamides is 1. The topological polar surface area (TPSA) is 91.1 Å². The van der Waals surface area contributed by atoms with E-state index < -0.39 is 10.0 Å². The molecule has 0 saturated carbocycles. The van der Waals surface area contributed by atoms with Gasteiger partial charge in [0.15, 0.2) is 0 Å². The summed E-state index contributed by atoms with van der Waals surface area (Å²) in [7, 11) is -3.60. The van der Waals surface area contributed by atoms with E-state index in [2.05, 4.69) is 15.0 Å². The predicted octanol–water partition coefficient (Wildman–Crippen LogP) is 3.22. The van der Waals surface area contributed by atoms with E-state index in [0.29, 0.717) is 25.1 Å². The molecule has 0 bridgehead atoms. The summed E-state index contributed by atoms with van der Waals surface area (Å²) in [5.41, 5.74) is 2.53. The van der Waals surface area contributed by atoms with Gasteiger partial charge in [-0.2, -0.15) is 0 Å². The minimum absolute atomic E-state index is 0.105. The fraction of sp³-hybridized carbons (Fsp3) is 0.286. The standard InChI is InChI=1S/C21H25N3O3S/c1-2-3-12-24-28(26,27)18-8-6-7-16(14-18)21(25)22-13-11-17-15-23-20-10-5-4-9-19(17)20/h4-10,14-15,23-24H,2-3,11-13H2,1H3,(H,22,25). The van der Waals surface area contributed by atoms with Crippen molar-refractivity contribution in [1.29, 1.82) is 0 Å². The van der Waals surface area contributed by atoms with Gasteiger partial charge in [0.05, 0.1) is 4.90 Å². The lowest BCUT2D eigenvalue weighted by molar-refractivity contribution is 0.0954. The number of H-pyrrole nitrogens is 1. The molecular formula is C21H25N3O3S. The van der Waals surface area contributed by atoms with Gasteiger partial charge in [0.2, 0.25) is 10.0 Å². The third kappa shape index (κ3) is 4.79. The lowest BCUT2D eigenvalue weighted by Gasteiger charge is -2.09. The number of carbonyl (C=O) groups excluding carboxylic acids is 1. The Balaban J connectivity index is 1.61. The van der Waals surface area contributed by atoms with Gasteiger partial charge in [0, 0.05) is 35.8 Å². The fourth-order valence-electron chi connectivity index (χ4n) is 3.02. The van der Waals surface area contributed by atoms with Crippen molar-refractivity contribution in [3.05, 3.63) is 65.9 Å². The summed E-state index contributed by atoms with van der Waals surface area (Å²) in [6.07, 6.45) is 4.31. The van der Waals surface area contributed by atoms with Crippen LogP contribution in [0.2, 0.25) is 0 Å². The van der Waals surface area contributed by atoms with E-state index in [-0.39, 0.29) is 10.8 Å². The average Bonchev–Trinajstić information content (AvgIpc) is 3.11. The highest BCUT2D eigenvalue weighted by Crippen LogP contribution is 2.18.